The Morgan fingerprint density at radius 2 is 2.37 bits per heavy atom. The van der Waals surface area contributed by atoms with E-state index >= 15 is 0 Å². The maximum absolute atomic E-state index is 11.0. The van der Waals surface area contributed by atoms with Gasteiger partial charge >= 0.3 is 0 Å². The Hall–Kier alpha value is -0.580. The molecule has 1 fully saturated rings. The Balaban J connectivity index is 2.30. The molecule has 2 atom stereocenters. The number of halogens is 1. The molecule has 2 rings (SSSR count). The first kappa shape index (κ1) is 14.8. The number of hydrogen-bond donors (Lipinski definition) is 1. The van der Waals surface area contributed by atoms with Crippen molar-refractivity contribution in [2.75, 3.05) is 6.61 Å². The van der Waals surface area contributed by atoms with Crippen LogP contribution in [0.3, 0.4) is 0 Å². The van der Waals surface area contributed by atoms with Crippen LogP contribution in [-0.4, -0.2) is 27.6 Å². The van der Waals surface area contributed by atoms with Crippen molar-refractivity contribution >= 4 is 11.6 Å². The van der Waals surface area contributed by atoms with Crippen molar-refractivity contribution in [1.29, 1.82) is 0 Å². The highest BCUT2D eigenvalue weighted by Gasteiger charge is 2.41. The fraction of sp³-hybridized carbons (Fsp3) is 0.786. The number of aryl methyl sites for hydroxylation is 1. The van der Waals surface area contributed by atoms with Crippen LogP contribution in [-0.2, 0) is 16.9 Å². The number of aromatic nitrogens is 2. The Labute approximate surface area is 119 Å². The van der Waals surface area contributed by atoms with Gasteiger partial charge in [0.05, 0.1) is 29.6 Å². The first-order chi connectivity index (χ1) is 8.98. The van der Waals surface area contributed by atoms with Crippen LogP contribution in [0.5, 0.6) is 0 Å². The lowest BCUT2D eigenvalue weighted by Crippen LogP contribution is -2.42. The molecule has 0 aromatic carbocycles. The van der Waals surface area contributed by atoms with Crippen LogP contribution in [0.4, 0.5) is 0 Å². The molecule has 1 aromatic heterocycles. The fourth-order valence-corrected chi connectivity index (χ4v) is 3.04. The lowest BCUT2D eigenvalue weighted by molar-refractivity contribution is -0.124. The summed E-state index contributed by atoms with van der Waals surface area (Å²) in [7, 11) is 0. The summed E-state index contributed by atoms with van der Waals surface area (Å²) in [5, 5.41) is 15.8. The van der Waals surface area contributed by atoms with Crippen molar-refractivity contribution in [2.24, 2.45) is 5.92 Å². The zero-order valence-corrected chi connectivity index (χ0v) is 12.7. The van der Waals surface area contributed by atoms with Gasteiger partial charge in [0, 0.05) is 19.4 Å². The van der Waals surface area contributed by atoms with Crippen LogP contribution in [0, 0.1) is 5.92 Å². The first-order valence-corrected chi connectivity index (χ1v) is 7.41. The van der Waals surface area contributed by atoms with Gasteiger partial charge in [0.25, 0.3) is 0 Å². The summed E-state index contributed by atoms with van der Waals surface area (Å²) in [5.74, 6) is 0.383. The average Bonchev–Trinajstić information content (AvgIpc) is 2.71. The van der Waals surface area contributed by atoms with E-state index in [1.807, 2.05) is 4.68 Å². The molecule has 19 heavy (non-hydrogen) atoms. The molecule has 1 aliphatic heterocycles. The Bertz CT molecular complexity index is 433. The van der Waals surface area contributed by atoms with Crippen LogP contribution in [0.15, 0.2) is 6.20 Å². The van der Waals surface area contributed by atoms with E-state index in [4.69, 9.17) is 16.3 Å². The van der Waals surface area contributed by atoms with Gasteiger partial charge < -0.3 is 9.84 Å². The average molecular weight is 287 g/mol. The van der Waals surface area contributed by atoms with Gasteiger partial charge in [-0.05, 0) is 12.3 Å². The number of nitrogens with zero attached hydrogens (tertiary/aromatic N) is 2. The Morgan fingerprint density at radius 3 is 3.00 bits per heavy atom. The van der Waals surface area contributed by atoms with Crippen molar-refractivity contribution < 1.29 is 9.84 Å². The van der Waals surface area contributed by atoms with E-state index < -0.39 is 5.60 Å². The lowest BCUT2D eigenvalue weighted by atomic mass is 9.83. The third kappa shape index (κ3) is 2.96. The molecule has 2 heterocycles. The highest BCUT2D eigenvalue weighted by atomic mass is 35.5. The summed E-state index contributed by atoms with van der Waals surface area (Å²) >= 11 is 6.25. The van der Waals surface area contributed by atoms with Crippen LogP contribution < -0.4 is 0 Å². The van der Waals surface area contributed by atoms with Crippen molar-refractivity contribution in [3.8, 4) is 0 Å². The topological polar surface area (TPSA) is 47.3 Å². The zero-order chi connectivity index (χ0) is 14.0. The molecule has 108 valence electrons. The minimum atomic E-state index is -0.921. The van der Waals surface area contributed by atoms with Crippen molar-refractivity contribution in [1.82, 2.24) is 9.78 Å². The largest absolute Gasteiger partial charge is 0.383 e. The molecular weight excluding hydrogens is 264 g/mol. The lowest BCUT2D eigenvalue weighted by Gasteiger charge is -2.39. The predicted octanol–water partition coefficient (Wildman–Crippen LogP) is 2.97. The third-order valence-electron chi connectivity index (χ3n) is 3.80. The molecular formula is C14H23ClN2O2. The van der Waals surface area contributed by atoms with E-state index in [0.29, 0.717) is 30.4 Å². The molecule has 4 nitrogen and oxygen atoms in total. The van der Waals surface area contributed by atoms with Gasteiger partial charge in [-0.2, -0.15) is 5.10 Å². The normalized spacial score (nSPS) is 28.0. The SMILES string of the molecule is CCCn1ncc(Cl)c1C1(O)CCOC(C(C)C)C1. The van der Waals surface area contributed by atoms with Crippen LogP contribution in [0.1, 0.15) is 45.7 Å². The number of rotatable bonds is 4. The van der Waals surface area contributed by atoms with Gasteiger partial charge in [0.2, 0.25) is 0 Å². The molecule has 0 saturated carbocycles. The molecule has 5 heteroatoms. The maximum Gasteiger partial charge on any atom is 0.112 e. The van der Waals surface area contributed by atoms with Gasteiger partial charge in [0.1, 0.15) is 5.60 Å². The first-order valence-electron chi connectivity index (χ1n) is 7.03. The number of ether oxygens (including phenoxy) is 1. The molecule has 0 aliphatic carbocycles. The quantitative estimate of drug-likeness (QED) is 0.926. The third-order valence-corrected chi connectivity index (χ3v) is 4.08. The molecule has 0 radical (unpaired) electrons. The second-order valence-electron chi connectivity index (χ2n) is 5.70. The van der Waals surface area contributed by atoms with E-state index in [2.05, 4.69) is 25.9 Å². The Kier molecular flexibility index (Phi) is 4.54. The fourth-order valence-electron chi connectivity index (χ4n) is 2.72. The highest BCUT2D eigenvalue weighted by molar-refractivity contribution is 6.31. The summed E-state index contributed by atoms with van der Waals surface area (Å²) < 4.78 is 7.58. The molecule has 1 aromatic rings. The summed E-state index contributed by atoms with van der Waals surface area (Å²) in [6.45, 7) is 7.65. The second kappa shape index (κ2) is 5.81. The van der Waals surface area contributed by atoms with Gasteiger partial charge in [0.15, 0.2) is 0 Å². The molecule has 0 amide bonds. The van der Waals surface area contributed by atoms with Crippen molar-refractivity contribution in [3.05, 3.63) is 16.9 Å². The monoisotopic (exact) mass is 286 g/mol. The van der Waals surface area contributed by atoms with E-state index in [-0.39, 0.29) is 6.10 Å². The summed E-state index contributed by atoms with van der Waals surface area (Å²) in [6.07, 6.45) is 3.82. The molecule has 0 spiro atoms. The maximum atomic E-state index is 11.0. The second-order valence-corrected chi connectivity index (χ2v) is 6.11. The van der Waals surface area contributed by atoms with E-state index in [9.17, 15) is 5.11 Å². The molecule has 1 saturated heterocycles. The van der Waals surface area contributed by atoms with E-state index in [1.165, 1.54) is 0 Å². The zero-order valence-electron chi connectivity index (χ0n) is 11.9. The number of hydrogen-bond acceptors (Lipinski definition) is 3. The summed E-state index contributed by atoms with van der Waals surface area (Å²) in [6, 6.07) is 0. The predicted molar refractivity (Wildman–Crippen MR) is 75.2 cm³/mol. The van der Waals surface area contributed by atoms with Gasteiger partial charge in [-0.25, -0.2) is 0 Å². The van der Waals surface area contributed by atoms with Gasteiger partial charge in [-0.3, -0.25) is 4.68 Å². The van der Waals surface area contributed by atoms with Crippen LogP contribution >= 0.6 is 11.6 Å². The molecule has 1 N–H and O–H groups in total. The minimum Gasteiger partial charge on any atom is -0.383 e. The van der Waals surface area contributed by atoms with E-state index in [0.717, 1.165) is 18.7 Å². The van der Waals surface area contributed by atoms with Crippen LogP contribution in [0.2, 0.25) is 5.02 Å². The molecule has 0 bridgehead atoms. The number of aliphatic hydroxyl groups is 1. The van der Waals surface area contributed by atoms with E-state index in [1.54, 1.807) is 6.20 Å². The smallest absolute Gasteiger partial charge is 0.112 e. The summed E-state index contributed by atoms with van der Waals surface area (Å²) in [5.41, 5.74) is -0.166. The summed E-state index contributed by atoms with van der Waals surface area (Å²) in [4.78, 5) is 0. The molecule has 2 unspecified atom stereocenters. The van der Waals surface area contributed by atoms with Crippen molar-refractivity contribution in [3.63, 3.8) is 0 Å². The van der Waals surface area contributed by atoms with Gasteiger partial charge in [-0.1, -0.05) is 32.4 Å². The Morgan fingerprint density at radius 1 is 1.63 bits per heavy atom. The highest BCUT2D eigenvalue weighted by Crippen LogP contribution is 2.39. The minimum absolute atomic E-state index is 0.0693. The van der Waals surface area contributed by atoms with Gasteiger partial charge in [-0.15, -0.1) is 0 Å². The van der Waals surface area contributed by atoms with Crippen molar-refractivity contribution in [2.45, 2.75) is 58.3 Å². The molecule has 1 aliphatic rings. The van der Waals surface area contributed by atoms with Crippen LogP contribution in [0.25, 0.3) is 0 Å². The standard InChI is InChI=1S/C14H23ClN2O2/c1-4-6-17-13(11(15)9-16-17)14(18)5-7-19-12(8-14)10(2)3/h9-10,12,18H,4-8H2,1-3H3.